The molecule has 18 heavy (non-hydrogen) atoms. The molecule has 1 aliphatic rings. The molecule has 2 rings (SSSR count). The van der Waals surface area contributed by atoms with Crippen molar-refractivity contribution in [2.24, 2.45) is 5.92 Å². The highest BCUT2D eigenvalue weighted by Crippen LogP contribution is 2.26. The fraction of sp³-hybridized carbons (Fsp3) is 0.529. The molecule has 0 N–H and O–H groups in total. The average molecular weight is 244 g/mol. The Morgan fingerprint density at radius 3 is 2.33 bits per heavy atom. The number of hydrogen-bond acceptors (Lipinski definition) is 1. The zero-order valence-electron chi connectivity index (χ0n) is 11.9. The maximum absolute atomic E-state index is 6.01. The number of allylic oxidation sites excluding steroid dienone is 1. The van der Waals surface area contributed by atoms with E-state index in [0.717, 1.165) is 18.1 Å². The van der Waals surface area contributed by atoms with Gasteiger partial charge in [-0.25, -0.2) is 0 Å². The summed E-state index contributed by atoms with van der Waals surface area (Å²) in [4.78, 5) is 0. The summed E-state index contributed by atoms with van der Waals surface area (Å²) < 4.78 is 6.01. The summed E-state index contributed by atoms with van der Waals surface area (Å²) in [7, 11) is 0. The SMILES string of the molecule is CC1CC=CC(Oc2ccc(C(C)(C)C)cc2)C1. The van der Waals surface area contributed by atoms with Crippen LogP contribution in [0.4, 0.5) is 0 Å². The van der Waals surface area contributed by atoms with Gasteiger partial charge in [0.05, 0.1) is 0 Å². The van der Waals surface area contributed by atoms with Gasteiger partial charge in [0.15, 0.2) is 0 Å². The van der Waals surface area contributed by atoms with Gasteiger partial charge in [0.1, 0.15) is 11.9 Å². The lowest BCUT2D eigenvalue weighted by molar-refractivity contribution is 0.207. The number of ether oxygens (including phenoxy) is 1. The van der Waals surface area contributed by atoms with Crippen molar-refractivity contribution in [1.82, 2.24) is 0 Å². The van der Waals surface area contributed by atoms with Gasteiger partial charge in [0.2, 0.25) is 0 Å². The van der Waals surface area contributed by atoms with Crippen LogP contribution < -0.4 is 4.74 Å². The smallest absolute Gasteiger partial charge is 0.120 e. The molecule has 1 nitrogen and oxygen atoms in total. The van der Waals surface area contributed by atoms with Crippen LogP contribution in [0.5, 0.6) is 5.75 Å². The first-order chi connectivity index (χ1) is 8.45. The third-order valence-electron chi connectivity index (χ3n) is 3.53. The summed E-state index contributed by atoms with van der Waals surface area (Å²) in [6, 6.07) is 8.53. The predicted octanol–water partition coefficient (Wildman–Crippen LogP) is 4.72. The Labute approximate surface area is 111 Å². The maximum atomic E-state index is 6.01. The topological polar surface area (TPSA) is 9.23 Å². The molecule has 1 heteroatoms. The molecule has 0 fully saturated rings. The van der Waals surface area contributed by atoms with Crippen LogP contribution in [0.1, 0.15) is 46.1 Å². The Balaban J connectivity index is 2.02. The van der Waals surface area contributed by atoms with Gasteiger partial charge in [0.25, 0.3) is 0 Å². The lowest BCUT2D eigenvalue weighted by atomic mass is 9.87. The lowest BCUT2D eigenvalue weighted by Gasteiger charge is -2.24. The van der Waals surface area contributed by atoms with E-state index in [1.165, 1.54) is 12.0 Å². The van der Waals surface area contributed by atoms with E-state index in [0.29, 0.717) is 0 Å². The largest absolute Gasteiger partial charge is 0.486 e. The molecule has 98 valence electrons. The van der Waals surface area contributed by atoms with E-state index in [2.05, 4.69) is 64.1 Å². The lowest BCUT2D eigenvalue weighted by Crippen LogP contribution is -2.20. The molecule has 2 unspecified atom stereocenters. The van der Waals surface area contributed by atoms with Gasteiger partial charge in [-0.15, -0.1) is 0 Å². The number of hydrogen-bond donors (Lipinski definition) is 0. The molecule has 1 aromatic rings. The number of benzene rings is 1. The Bertz CT molecular complexity index is 408. The highest BCUT2D eigenvalue weighted by atomic mass is 16.5. The highest BCUT2D eigenvalue weighted by Gasteiger charge is 2.16. The molecule has 0 bridgehead atoms. The molecule has 1 aromatic carbocycles. The third-order valence-corrected chi connectivity index (χ3v) is 3.53. The Morgan fingerprint density at radius 2 is 1.78 bits per heavy atom. The minimum absolute atomic E-state index is 0.206. The minimum atomic E-state index is 0.206. The van der Waals surface area contributed by atoms with Crippen LogP contribution in [0.2, 0.25) is 0 Å². The average Bonchev–Trinajstić information content (AvgIpc) is 2.28. The zero-order chi connectivity index (χ0) is 13.2. The maximum Gasteiger partial charge on any atom is 0.120 e. The molecule has 0 saturated carbocycles. The van der Waals surface area contributed by atoms with Crippen molar-refractivity contribution in [3.8, 4) is 5.75 Å². The first kappa shape index (κ1) is 13.2. The van der Waals surface area contributed by atoms with Crippen molar-refractivity contribution in [3.05, 3.63) is 42.0 Å². The van der Waals surface area contributed by atoms with Crippen LogP contribution in [0.3, 0.4) is 0 Å². The second-order valence-electron chi connectivity index (χ2n) is 6.44. The molecular weight excluding hydrogens is 220 g/mol. The molecule has 0 radical (unpaired) electrons. The van der Waals surface area contributed by atoms with E-state index in [4.69, 9.17) is 4.74 Å². The summed E-state index contributed by atoms with van der Waals surface area (Å²) in [5.41, 5.74) is 1.56. The minimum Gasteiger partial charge on any atom is -0.486 e. The van der Waals surface area contributed by atoms with Crippen LogP contribution in [-0.4, -0.2) is 6.10 Å². The van der Waals surface area contributed by atoms with Gasteiger partial charge in [-0.1, -0.05) is 45.9 Å². The molecule has 0 saturated heterocycles. The Kier molecular flexibility index (Phi) is 3.79. The first-order valence-corrected chi connectivity index (χ1v) is 6.89. The molecule has 0 amide bonds. The monoisotopic (exact) mass is 244 g/mol. The fourth-order valence-electron chi connectivity index (χ4n) is 2.33. The molecule has 0 aliphatic heterocycles. The van der Waals surface area contributed by atoms with Crippen molar-refractivity contribution in [2.75, 3.05) is 0 Å². The fourth-order valence-corrected chi connectivity index (χ4v) is 2.33. The van der Waals surface area contributed by atoms with Crippen molar-refractivity contribution in [3.63, 3.8) is 0 Å². The van der Waals surface area contributed by atoms with E-state index in [1.54, 1.807) is 0 Å². The van der Waals surface area contributed by atoms with Crippen LogP contribution in [0, 0.1) is 5.92 Å². The normalized spacial score (nSPS) is 24.0. The van der Waals surface area contributed by atoms with Crippen molar-refractivity contribution < 1.29 is 4.74 Å². The van der Waals surface area contributed by atoms with Crippen molar-refractivity contribution in [1.29, 1.82) is 0 Å². The Hall–Kier alpha value is -1.24. The van der Waals surface area contributed by atoms with E-state index < -0.39 is 0 Å². The summed E-state index contributed by atoms with van der Waals surface area (Å²) >= 11 is 0. The highest BCUT2D eigenvalue weighted by molar-refractivity contribution is 5.31. The summed E-state index contributed by atoms with van der Waals surface area (Å²) in [6.07, 6.45) is 6.98. The molecule has 0 heterocycles. The Morgan fingerprint density at radius 1 is 1.11 bits per heavy atom. The molecular formula is C17H24O. The van der Waals surface area contributed by atoms with Gasteiger partial charge in [0, 0.05) is 0 Å². The summed E-state index contributed by atoms with van der Waals surface area (Å²) in [5, 5.41) is 0. The molecule has 0 aromatic heterocycles. The number of rotatable bonds is 2. The predicted molar refractivity (Wildman–Crippen MR) is 77.1 cm³/mol. The van der Waals surface area contributed by atoms with Crippen LogP contribution in [0.15, 0.2) is 36.4 Å². The quantitative estimate of drug-likeness (QED) is 0.684. The van der Waals surface area contributed by atoms with Gasteiger partial charge < -0.3 is 4.74 Å². The van der Waals surface area contributed by atoms with Gasteiger partial charge in [-0.2, -0.15) is 0 Å². The first-order valence-electron chi connectivity index (χ1n) is 6.89. The molecule has 2 atom stereocenters. The molecule has 0 spiro atoms. The molecule has 1 aliphatic carbocycles. The van der Waals surface area contributed by atoms with E-state index >= 15 is 0 Å². The van der Waals surface area contributed by atoms with E-state index in [9.17, 15) is 0 Å². The van der Waals surface area contributed by atoms with E-state index in [1.807, 2.05) is 0 Å². The summed E-state index contributed by atoms with van der Waals surface area (Å²) in [6.45, 7) is 8.97. The van der Waals surface area contributed by atoms with Crippen molar-refractivity contribution in [2.45, 2.75) is 52.1 Å². The second-order valence-corrected chi connectivity index (χ2v) is 6.44. The standard InChI is InChI=1S/C17H24O/c1-13-6-5-7-16(12-13)18-15-10-8-14(9-11-15)17(2,3)4/h5,7-11,13,16H,6,12H2,1-4H3. The van der Waals surface area contributed by atoms with Crippen LogP contribution >= 0.6 is 0 Å². The van der Waals surface area contributed by atoms with Crippen LogP contribution in [-0.2, 0) is 5.41 Å². The van der Waals surface area contributed by atoms with Crippen LogP contribution in [0.25, 0.3) is 0 Å². The van der Waals surface area contributed by atoms with Gasteiger partial charge in [-0.3, -0.25) is 0 Å². The second kappa shape index (κ2) is 5.17. The zero-order valence-corrected chi connectivity index (χ0v) is 11.9. The third kappa shape index (κ3) is 3.38. The van der Waals surface area contributed by atoms with Gasteiger partial charge >= 0.3 is 0 Å². The summed E-state index contributed by atoms with van der Waals surface area (Å²) in [5.74, 6) is 1.71. The van der Waals surface area contributed by atoms with Crippen molar-refractivity contribution >= 4 is 0 Å². The van der Waals surface area contributed by atoms with Gasteiger partial charge in [-0.05, 0) is 47.9 Å². The van der Waals surface area contributed by atoms with E-state index in [-0.39, 0.29) is 11.5 Å².